The molecule has 3 N–H and O–H groups in total. The van der Waals surface area contributed by atoms with E-state index in [9.17, 15) is 8.42 Å². The van der Waals surface area contributed by atoms with E-state index in [4.69, 9.17) is 0 Å². The molecule has 0 saturated heterocycles. The highest BCUT2D eigenvalue weighted by Gasteiger charge is 2.16. The van der Waals surface area contributed by atoms with Crippen molar-refractivity contribution >= 4 is 15.7 Å². The van der Waals surface area contributed by atoms with E-state index in [2.05, 4.69) is 33.9 Å². The number of hydrogen-bond donors (Lipinski definition) is 3. The van der Waals surface area contributed by atoms with E-state index in [-0.39, 0.29) is 5.03 Å². The number of benzene rings is 1. The summed E-state index contributed by atoms with van der Waals surface area (Å²) in [5.74, 6) is 0.561. The van der Waals surface area contributed by atoms with E-state index in [0.717, 1.165) is 12.1 Å². The number of aromatic nitrogens is 2. The van der Waals surface area contributed by atoms with Gasteiger partial charge in [0.25, 0.3) is 10.0 Å². The highest BCUT2D eigenvalue weighted by molar-refractivity contribution is 7.92. The molecule has 0 saturated carbocycles. The van der Waals surface area contributed by atoms with Gasteiger partial charge in [0.05, 0.1) is 6.20 Å². The number of aryl methyl sites for hydroxylation is 1. The maximum Gasteiger partial charge on any atom is 0.278 e. The maximum atomic E-state index is 12.1. The first kappa shape index (κ1) is 15.5. The third-order valence-electron chi connectivity index (χ3n) is 2.89. The third kappa shape index (κ3) is 4.30. The summed E-state index contributed by atoms with van der Waals surface area (Å²) < 4.78 is 26.8. The van der Waals surface area contributed by atoms with Gasteiger partial charge in [-0.1, -0.05) is 26.0 Å². The first-order valence-electron chi connectivity index (χ1n) is 6.73. The van der Waals surface area contributed by atoms with Crippen molar-refractivity contribution in [2.75, 3.05) is 4.72 Å². The Hall–Kier alpha value is -1.86. The number of anilines is 1. The van der Waals surface area contributed by atoms with Gasteiger partial charge in [-0.2, -0.15) is 8.42 Å². The Labute approximate surface area is 125 Å². The summed E-state index contributed by atoms with van der Waals surface area (Å²) in [4.78, 5) is 6.61. The summed E-state index contributed by atoms with van der Waals surface area (Å²) >= 11 is 0. The Morgan fingerprint density at radius 1 is 1.24 bits per heavy atom. The van der Waals surface area contributed by atoms with Crippen molar-refractivity contribution in [3.63, 3.8) is 0 Å². The number of nitrogens with one attached hydrogen (secondary N) is 3. The first-order valence-corrected chi connectivity index (χ1v) is 8.22. The third-order valence-corrected chi connectivity index (χ3v) is 4.18. The van der Waals surface area contributed by atoms with Crippen LogP contribution in [0.3, 0.4) is 0 Å². The molecule has 0 unspecified atom stereocenters. The van der Waals surface area contributed by atoms with Gasteiger partial charge in [0.1, 0.15) is 5.82 Å². The van der Waals surface area contributed by atoms with Crippen LogP contribution < -0.4 is 10.0 Å². The largest absolute Gasteiger partial charge is 0.332 e. The Morgan fingerprint density at radius 2 is 1.90 bits per heavy atom. The number of H-pyrrole nitrogens is 1. The molecule has 0 aliphatic carbocycles. The van der Waals surface area contributed by atoms with Crippen LogP contribution >= 0.6 is 0 Å². The first-order chi connectivity index (χ1) is 9.87. The van der Waals surface area contributed by atoms with Gasteiger partial charge < -0.3 is 10.3 Å². The van der Waals surface area contributed by atoms with Gasteiger partial charge >= 0.3 is 0 Å². The second-order valence-corrected chi connectivity index (χ2v) is 6.82. The highest BCUT2D eigenvalue weighted by Crippen LogP contribution is 2.15. The summed E-state index contributed by atoms with van der Waals surface area (Å²) in [5, 5.41) is 3.37. The van der Waals surface area contributed by atoms with Gasteiger partial charge in [0.2, 0.25) is 0 Å². The minimum Gasteiger partial charge on any atom is -0.332 e. The van der Waals surface area contributed by atoms with E-state index in [1.165, 1.54) is 6.20 Å². The van der Waals surface area contributed by atoms with Crippen LogP contribution in [0.5, 0.6) is 0 Å². The van der Waals surface area contributed by atoms with Crippen LogP contribution in [0.2, 0.25) is 0 Å². The van der Waals surface area contributed by atoms with Crippen molar-refractivity contribution < 1.29 is 8.42 Å². The Morgan fingerprint density at radius 3 is 2.43 bits per heavy atom. The minimum absolute atomic E-state index is 0.0607. The molecule has 2 aromatic rings. The van der Waals surface area contributed by atoms with Crippen LogP contribution in [-0.2, 0) is 16.6 Å². The molecule has 0 aliphatic heterocycles. The standard InChI is InChI=1S/C14H20N4O2S/c1-10(2)15-8-12-4-6-13(7-5-12)18-21(19,20)14-9-16-11(3)17-14/h4-7,9-10,15,18H,8H2,1-3H3,(H,16,17). The van der Waals surface area contributed by atoms with Crippen LogP contribution in [-0.4, -0.2) is 24.4 Å². The van der Waals surface area contributed by atoms with Crippen LogP contribution in [0, 0.1) is 6.92 Å². The van der Waals surface area contributed by atoms with Gasteiger partial charge in [-0.05, 0) is 24.6 Å². The van der Waals surface area contributed by atoms with E-state index >= 15 is 0 Å². The van der Waals surface area contributed by atoms with E-state index in [1.54, 1.807) is 19.1 Å². The molecule has 1 aromatic heterocycles. The van der Waals surface area contributed by atoms with E-state index in [0.29, 0.717) is 17.6 Å². The summed E-state index contributed by atoms with van der Waals surface area (Å²) in [6.07, 6.45) is 1.30. The van der Waals surface area contributed by atoms with Crippen LogP contribution in [0.25, 0.3) is 0 Å². The van der Waals surface area contributed by atoms with Crippen molar-refractivity contribution in [3.05, 3.63) is 41.9 Å². The molecule has 0 radical (unpaired) electrons. The predicted octanol–water partition coefficient (Wildman–Crippen LogP) is 2.02. The summed E-state index contributed by atoms with van der Waals surface area (Å²) in [6, 6.07) is 7.69. The molecule has 0 spiro atoms. The summed E-state index contributed by atoms with van der Waals surface area (Å²) in [5.41, 5.74) is 1.62. The number of imidazole rings is 1. The Bertz CT molecular complexity index is 690. The van der Waals surface area contributed by atoms with Crippen LogP contribution in [0.1, 0.15) is 25.2 Å². The average molecular weight is 308 g/mol. The Balaban J connectivity index is 2.06. The molecule has 21 heavy (non-hydrogen) atoms. The van der Waals surface area contributed by atoms with Gasteiger partial charge in [-0.15, -0.1) is 0 Å². The molecule has 0 aliphatic rings. The van der Waals surface area contributed by atoms with Gasteiger partial charge in [0, 0.05) is 18.3 Å². The molecular formula is C14H20N4O2S. The number of rotatable bonds is 6. The van der Waals surface area contributed by atoms with Crippen LogP contribution in [0.4, 0.5) is 5.69 Å². The van der Waals surface area contributed by atoms with Crippen molar-refractivity contribution in [1.29, 1.82) is 0 Å². The molecular weight excluding hydrogens is 288 g/mol. The molecule has 6 nitrogen and oxygen atoms in total. The molecule has 114 valence electrons. The van der Waals surface area contributed by atoms with E-state index < -0.39 is 10.0 Å². The normalized spacial score (nSPS) is 11.8. The molecule has 2 rings (SSSR count). The number of sulfonamides is 1. The highest BCUT2D eigenvalue weighted by atomic mass is 32.2. The van der Waals surface area contributed by atoms with Crippen molar-refractivity contribution in [1.82, 2.24) is 15.3 Å². The lowest BCUT2D eigenvalue weighted by Gasteiger charge is -2.09. The second kappa shape index (κ2) is 6.28. The van der Waals surface area contributed by atoms with E-state index in [1.807, 2.05) is 12.1 Å². The van der Waals surface area contributed by atoms with Gasteiger partial charge in [-0.25, -0.2) is 4.98 Å². The topological polar surface area (TPSA) is 86.9 Å². The van der Waals surface area contributed by atoms with Crippen LogP contribution in [0.15, 0.2) is 35.5 Å². The number of aromatic amines is 1. The Kier molecular flexibility index (Phi) is 4.64. The smallest absolute Gasteiger partial charge is 0.278 e. The lowest BCUT2D eigenvalue weighted by molar-refractivity contribution is 0.589. The van der Waals surface area contributed by atoms with Crippen molar-refractivity contribution in [2.45, 2.75) is 38.4 Å². The number of nitrogens with zero attached hydrogens (tertiary/aromatic N) is 1. The van der Waals surface area contributed by atoms with Crippen molar-refractivity contribution in [2.24, 2.45) is 0 Å². The average Bonchev–Trinajstić information content (AvgIpc) is 2.85. The molecule has 0 atom stereocenters. The fourth-order valence-corrected chi connectivity index (χ4v) is 2.79. The summed E-state index contributed by atoms with van der Waals surface area (Å²) in [6.45, 7) is 6.61. The van der Waals surface area contributed by atoms with Crippen molar-refractivity contribution in [3.8, 4) is 0 Å². The zero-order valence-electron chi connectivity index (χ0n) is 12.3. The van der Waals surface area contributed by atoms with Gasteiger partial charge in [0.15, 0.2) is 5.03 Å². The fraction of sp³-hybridized carbons (Fsp3) is 0.357. The fourth-order valence-electron chi connectivity index (χ4n) is 1.76. The number of hydrogen-bond acceptors (Lipinski definition) is 4. The molecule has 7 heteroatoms. The lowest BCUT2D eigenvalue weighted by atomic mass is 10.2. The predicted molar refractivity (Wildman–Crippen MR) is 82.6 cm³/mol. The molecule has 1 aromatic carbocycles. The molecule has 0 fully saturated rings. The van der Waals surface area contributed by atoms with Gasteiger partial charge in [-0.3, -0.25) is 4.72 Å². The zero-order chi connectivity index (χ0) is 15.5. The second-order valence-electron chi connectivity index (χ2n) is 5.17. The zero-order valence-corrected chi connectivity index (χ0v) is 13.2. The quantitative estimate of drug-likeness (QED) is 0.762. The maximum absolute atomic E-state index is 12.1. The monoisotopic (exact) mass is 308 g/mol. The lowest BCUT2D eigenvalue weighted by Crippen LogP contribution is -2.21. The molecule has 0 bridgehead atoms. The molecule has 0 amide bonds. The molecule has 1 heterocycles. The SMILES string of the molecule is Cc1ncc(S(=O)(=O)Nc2ccc(CNC(C)C)cc2)[nH]1. The summed E-state index contributed by atoms with van der Waals surface area (Å²) in [7, 11) is -3.61. The minimum atomic E-state index is -3.61.